The topological polar surface area (TPSA) is 68.8 Å². The quantitative estimate of drug-likeness (QED) is 0.849. The summed E-state index contributed by atoms with van der Waals surface area (Å²) in [6.45, 7) is 2.02. The van der Waals surface area contributed by atoms with E-state index in [-0.39, 0.29) is 16.3 Å². The molecule has 0 heterocycles. The molecule has 0 saturated heterocycles. The van der Waals surface area contributed by atoms with E-state index in [4.69, 9.17) is 26.9 Å². The van der Waals surface area contributed by atoms with Crippen LogP contribution < -0.4 is 10.1 Å². The second kappa shape index (κ2) is 6.48. The van der Waals surface area contributed by atoms with E-state index < -0.39 is 5.82 Å². The van der Waals surface area contributed by atoms with Crippen LogP contribution in [0.5, 0.6) is 5.75 Å². The molecule has 0 aromatic heterocycles. The number of nitrogens with zero attached hydrogens (tertiary/aromatic N) is 2. The van der Waals surface area contributed by atoms with Crippen molar-refractivity contribution in [2.45, 2.75) is 6.92 Å². The van der Waals surface area contributed by atoms with Crippen LogP contribution in [0, 0.1) is 28.5 Å². The van der Waals surface area contributed by atoms with Gasteiger partial charge < -0.3 is 10.1 Å². The van der Waals surface area contributed by atoms with E-state index in [0.717, 1.165) is 0 Å². The van der Waals surface area contributed by atoms with E-state index >= 15 is 0 Å². The van der Waals surface area contributed by atoms with Gasteiger partial charge in [0.25, 0.3) is 0 Å². The van der Waals surface area contributed by atoms with Crippen LogP contribution in [-0.4, -0.2) is 6.61 Å². The molecule has 6 heteroatoms. The number of nitrogens with one attached hydrogen (secondary N) is 1. The van der Waals surface area contributed by atoms with Gasteiger partial charge in [0, 0.05) is 18.0 Å². The number of nitriles is 2. The highest BCUT2D eigenvalue weighted by molar-refractivity contribution is 6.32. The predicted molar refractivity (Wildman–Crippen MR) is 65.5 cm³/mol. The summed E-state index contributed by atoms with van der Waals surface area (Å²) in [5, 5.41) is 19.8. The molecule has 18 heavy (non-hydrogen) atoms. The Morgan fingerprint density at radius 2 is 2.17 bits per heavy atom. The van der Waals surface area contributed by atoms with Crippen LogP contribution in [0.1, 0.15) is 6.92 Å². The number of halogens is 2. The zero-order valence-electron chi connectivity index (χ0n) is 9.50. The maximum Gasteiger partial charge on any atom is 0.173 e. The maximum absolute atomic E-state index is 13.6. The summed E-state index contributed by atoms with van der Waals surface area (Å²) in [6, 6.07) is 5.95. The van der Waals surface area contributed by atoms with Crippen LogP contribution >= 0.6 is 11.6 Å². The molecule has 1 N–H and O–H groups in total. The molecule has 0 saturated carbocycles. The first-order valence-corrected chi connectivity index (χ1v) is 5.39. The van der Waals surface area contributed by atoms with Crippen molar-refractivity contribution in [1.82, 2.24) is 0 Å². The van der Waals surface area contributed by atoms with Gasteiger partial charge in [0.05, 0.1) is 11.6 Å². The normalized spacial score (nSPS) is 8.94. The van der Waals surface area contributed by atoms with Gasteiger partial charge in [-0.3, -0.25) is 0 Å². The third kappa shape index (κ3) is 3.38. The highest BCUT2D eigenvalue weighted by Gasteiger charge is 2.10. The highest BCUT2D eigenvalue weighted by atomic mass is 35.5. The Bertz CT molecular complexity index is 518. The summed E-state index contributed by atoms with van der Waals surface area (Å²) in [6.07, 6.45) is 1.17. The van der Waals surface area contributed by atoms with E-state index in [2.05, 4.69) is 5.32 Å². The number of hydrogen-bond acceptors (Lipinski definition) is 4. The van der Waals surface area contributed by atoms with Gasteiger partial charge in [-0.1, -0.05) is 11.6 Å². The summed E-state index contributed by atoms with van der Waals surface area (Å²) in [5.41, 5.74) is 0.198. The fourth-order valence-electron chi connectivity index (χ4n) is 1.17. The van der Waals surface area contributed by atoms with Gasteiger partial charge in [-0.05, 0) is 13.0 Å². The average molecular weight is 266 g/mol. The molecule has 0 unspecified atom stereocenters. The Kier molecular flexibility index (Phi) is 4.98. The van der Waals surface area contributed by atoms with Gasteiger partial charge in [-0.25, -0.2) is 4.39 Å². The van der Waals surface area contributed by atoms with Gasteiger partial charge in [-0.2, -0.15) is 10.5 Å². The highest BCUT2D eigenvalue weighted by Crippen LogP contribution is 2.31. The average Bonchev–Trinajstić information content (AvgIpc) is 2.35. The summed E-state index contributed by atoms with van der Waals surface area (Å²) in [7, 11) is 0. The standard InChI is InChI=1S/C12H9ClFN3O/c1-2-18-12-10(13)3-9(4-11(12)14)17-7-8(5-15)6-16/h3-4,7,17H,2H2,1H3. The molecule has 4 nitrogen and oxygen atoms in total. The smallest absolute Gasteiger partial charge is 0.173 e. The van der Waals surface area contributed by atoms with E-state index in [0.29, 0.717) is 12.3 Å². The van der Waals surface area contributed by atoms with E-state index in [9.17, 15) is 4.39 Å². The molecular weight excluding hydrogens is 257 g/mol. The lowest BCUT2D eigenvalue weighted by atomic mass is 10.2. The number of hydrogen-bond donors (Lipinski definition) is 1. The molecule has 0 fully saturated rings. The van der Waals surface area contributed by atoms with E-state index in [1.165, 1.54) is 18.3 Å². The van der Waals surface area contributed by atoms with Crippen LogP contribution in [0.4, 0.5) is 10.1 Å². The van der Waals surface area contributed by atoms with Gasteiger partial charge in [0.2, 0.25) is 0 Å². The molecule has 0 aliphatic heterocycles. The third-order valence-electron chi connectivity index (χ3n) is 1.91. The molecule has 0 amide bonds. The van der Waals surface area contributed by atoms with Gasteiger partial charge in [0.1, 0.15) is 17.7 Å². The van der Waals surface area contributed by atoms with Crippen LogP contribution in [0.25, 0.3) is 0 Å². The minimum Gasteiger partial charge on any atom is -0.489 e. The van der Waals surface area contributed by atoms with Gasteiger partial charge in [-0.15, -0.1) is 0 Å². The van der Waals surface area contributed by atoms with Crippen molar-refractivity contribution < 1.29 is 9.13 Å². The third-order valence-corrected chi connectivity index (χ3v) is 2.19. The Balaban J connectivity index is 2.98. The Morgan fingerprint density at radius 1 is 1.50 bits per heavy atom. The van der Waals surface area contributed by atoms with Crippen molar-refractivity contribution in [3.05, 3.63) is 34.7 Å². The van der Waals surface area contributed by atoms with Crippen molar-refractivity contribution in [3.8, 4) is 17.9 Å². The van der Waals surface area contributed by atoms with Gasteiger partial charge >= 0.3 is 0 Å². The summed E-state index contributed by atoms with van der Waals surface area (Å²) in [5.74, 6) is -0.634. The van der Waals surface area contributed by atoms with E-state index in [1.807, 2.05) is 0 Å². The van der Waals surface area contributed by atoms with Crippen LogP contribution in [0.3, 0.4) is 0 Å². The molecule has 92 valence electrons. The number of ether oxygens (including phenoxy) is 1. The zero-order chi connectivity index (χ0) is 13.5. The molecule has 0 aliphatic rings. The van der Waals surface area contributed by atoms with Crippen molar-refractivity contribution in [2.75, 3.05) is 11.9 Å². The first-order chi connectivity index (χ1) is 8.62. The molecule has 0 bridgehead atoms. The van der Waals surface area contributed by atoms with Crippen molar-refractivity contribution in [2.24, 2.45) is 0 Å². The molecule has 0 spiro atoms. The van der Waals surface area contributed by atoms with Crippen molar-refractivity contribution in [1.29, 1.82) is 10.5 Å². The number of allylic oxidation sites excluding steroid dienone is 1. The monoisotopic (exact) mass is 265 g/mol. The first kappa shape index (κ1) is 13.8. The molecule has 0 aliphatic carbocycles. The fourth-order valence-corrected chi connectivity index (χ4v) is 1.43. The predicted octanol–water partition coefficient (Wildman–Crippen LogP) is 3.22. The molecule has 1 aromatic rings. The van der Waals surface area contributed by atoms with Gasteiger partial charge in [0.15, 0.2) is 11.6 Å². The minimum absolute atomic E-state index is 0.0190. The number of benzene rings is 1. The minimum atomic E-state index is -0.615. The summed E-state index contributed by atoms with van der Waals surface area (Å²) >= 11 is 5.84. The second-order valence-electron chi connectivity index (χ2n) is 3.13. The fraction of sp³-hybridized carbons (Fsp3) is 0.167. The first-order valence-electron chi connectivity index (χ1n) is 5.01. The second-order valence-corrected chi connectivity index (χ2v) is 3.54. The Hall–Kier alpha value is -2.24. The van der Waals surface area contributed by atoms with Crippen LogP contribution in [-0.2, 0) is 0 Å². The Morgan fingerprint density at radius 3 is 2.67 bits per heavy atom. The number of rotatable bonds is 4. The van der Waals surface area contributed by atoms with Crippen molar-refractivity contribution >= 4 is 17.3 Å². The van der Waals surface area contributed by atoms with E-state index in [1.54, 1.807) is 19.1 Å². The largest absolute Gasteiger partial charge is 0.489 e. The zero-order valence-corrected chi connectivity index (χ0v) is 10.3. The lowest BCUT2D eigenvalue weighted by molar-refractivity contribution is 0.322. The van der Waals surface area contributed by atoms with Crippen molar-refractivity contribution in [3.63, 3.8) is 0 Å². The Labute approximate surface area is 109 Å². The molecule has 1 rings (SSSR count). The van der Waals surface area contributed by atoms with Crippen LogP contribution in [0.2, 0.25) is 5.02 Å². The maximum atomic E-state index is 13.6. The molecule has 0 radical (unpaired) electrons. The van der Waals surface area contributed by atoms with Crippen LogP contribution in [0.15, 0.2) is 23.9 Å². The summed E-state index contributed by atoms with van der Waals surface area (Å²) in [4.78, 5) is 0. The SMILES string of the molecule is CCOc1c(F)cc(NC=C(C#N)C#N)cc1Cl. The lowest BCUT2D eigenvalue weighted by Crippen LogP contribution is -1.97. The summed E-state index contributed by atoms with van der Waals surface area (Å²) < 4.78 is 18.6. The number of anilines is 1. The molecular formula is C12H9ClFN3O. The molecule has 0 atom stereocenters. The molecule has 1 aromatic carbocycles. The lowest BCUT2D eigenvalue weighted by Gasteiger charge is -2.09.